The van der Waals surface area contributed by atoms with Gasteiger partial charge in [0.1, 0.15) is 17.5 Å². The lowest BCUT2D eigenvalue weighted by atomic mass is 10.1. The number of alkyl halides is 3. The van der Waals surface area contributed by atoms with Gasteiger partial charge in [-0.1, -0.05) is 0 Å². The largest absolute Gasteiger partial charge is 0.573 e. The summed E-state index contributed by atoms with van der Waals surface area (Å²) in [5.74, 6) is -2.66. The molecule has 0 bridgehead atoms. The monoisotopic (exact) mass is 294 g/mol. The smallest absolute Gasteiger partial charge is 0.469 e. The van der Waals surface area contributed by atoms with Crippen molar-refractivity contribution in [2.45, 2.75) is 19.7 Å². The number of nitrogens with zero attached hydrogens (tertiary/aromatic N) is 2. The third kappa shape index (κ3) is 3.80. The lowest BCUT2D eigenvalue weighted by molar-refractivity contribution is -0.390. The maximum absolute atomic E-state index is 12.3. The molecule has 110 valence electrons. The Morgan fingerprint density at radius 1 is 1.50 bits per heavy atom. The van der Waals surface area contributed by atoms with E-state index in [1.807, 2.05) is 0 Å². The van der Waals surface area contributed by atoms with Gasteiger partial charge < -0.3 is 19.6 Å². The van der Waals surface area contributed by atoms with Crippen LogP contribution in [0.25, 0.3) is 0 Å². The van der Waals surface area contributed by atoms with Crippen molar-refractivity contribution in [1.29, 1.82) is 0 Å². The third-order valence-electron chi connectivity index (χ3n) is 2.22. The summed E-state index contributed by atoms with van der Waals surface area (Å²) < 4.78 is 45.0. The zero-order valence-corrected chi connectivity index (χ0v) is 10.4. The Kier molecular flexibility index (Phi) is 4.48. The number of hydrogen-bond acceptors (Lipinski definition) is 6. The molecular formula is C10H9F3N2O5. The van der Waals surface area contributed by atoms with Crippen molar-refractivity contribution in [3.63, 3.8) is 0 Å². The quantitative estimate of drug-likeness (QED) is 0.478. The van der Waals surface area contributed by atoms with E-state index < -0.39 is 40.8 Å². The Hall–Kier alpha value is -2.39. The SMILES string of the molecule is COC(=O)Cc1c([N+](=O)[O-])ncc(C)c1OC(F)(F)F. The van der Waals surface area contributed by atoms with Crippen LogP contribution in [0, 0.1) is 17.0 Å². The van der Waals surface area contributed by atoms with Gasteiger partial charge in [0, 0.05) is 5.56 Å². The molecule has 0 saturated heterocycles. The van der Waals surface area contributed by atoms with Crippen molar-refractivity contribution in [2.24, 2.45) is 0 Å². The first-order valence-electron chi connectivity index (χ1n) is 5.11. The van der Waals surface area contributed by atoms with Crippen molar-refractivity contribution in [1.82, 2.24) is 4.98 Å². The number of hydrogen-bond donors (Lipinski definition) is 0. The van der Waals surface area contributed by atoms with Crippen LogP contribution < -0.4 is 4.74 Å². The second-order valence-electron chi connectivity index (χ2n) is 3.63. The molecule has 0 radical (unpaired) electrons. The van der Waals surface area contributed by atoms with Crippen molar-refractivity contribution >= 4 is 11.8 Å². The second-order valence-corrected chi connectivity index (χ2v) is 3.63. The lowest BCUT2D eigenvalue weighted by Crippen LogP contribution is -2.20. The molecule has 0 fully saturated rings. The van der Waals surface area contributed by atoms with E-state index in [9.17, 15) is 28.1 Å². The average Bonchev–Trinajstić information content (AvgIpc) is 2.31. The Labute approximate surface area is 110 Å². The molecule has 0 aliphatic carbocycles. The van der Waals surface area contributed by atoms with Gasteiger partial charge in [-0.25, -0.2) is 0 Å². The van der Waals surface area contributed by atoms with E-state index in [-0.39, 0.29) is 5.56 Å². The normalized spacial score (nSPS) is 11.1. The minimum absolute atomic E-state index is 0.0909. The zero-order chi connectivity index (χ0) is 15.5. The summed E-state index contributed by atoms with van der Waals surface area (Å²) in [5, 5.41) is 10.8. The first-order chi connectivity index (χ1) is 9.15. The summed E-state index contributed by atoms with van der Waals surface area (Å²) in [6.45, 7) is 1.22. The fourth-order valence-corrected chi connectivity index (χ4v) is 1.43. The molecular weight excluding hydrogens is 285 g/mol. The summed E-state index contributed by atoms with van der Waals surface area (Å²) >= 11 is 0. The highest BCUT2D eigenvalue weighted by atomic mass is 19.4. The highest BCUT2D eigenvalue weighted by Gasteiger charge is 2.36. The molecule has 7 nitrogen and oxygen atoms in total. The molecule has 10 heteroatoms. The molecule has 1 rings (SSSR count). The van der Waals surface area contributed by atoms with Gasteiger partial charge in [0.05, 0.1) is 13.5 Å². The van der Waals surface area contributed by atoms with E-state index in [0.717, 1.165) is 13.3 Å². The number of aromatic nitrogens is 1. The van der Waals surface area contributed by atoms with Crippen LogP contribution in [0.3, 0.4) is 0 Å². The predicted molar refractivity (Wildman–Crippen MR) is 58.0 cm³/mol. The van der Waals surface area contributed by atoms with Crippen molar-refractivity contribution in [2.75, 3.05) is 7.11 Å². The number of pyridine rings is 1. The molecule has 1 aromatic rings. The van der Waals surface area contributed by atoms with Gasteiger partial charge in [-0.3, -0.25) is 4.79 Å². The highest BCUT2D eigenvalue weighted by Crippen LogP contribution is 2.34. The number of ether oxygens (including phenoxy) is 2. The molecule has 0 N–H and O–H groups in total. The van der Waals surface area contributed by atoms with Gasteiger partial charge >= 0.3 is 18.1 Å². The molecule has 1 heterocycles. The van der Waals surface area contributed by atoms with Gasteiger partial charge in [-0.2, -0.15) is 0 Å². The summed E-state index contributed by atoms with van der Waals surface area (Å²) in [5.41, 5.74) is -0.675. The van der Waals surface area contributed by atoms with Crippen LogP contribution in [0.2, 0.25) is 0 Å². The van der Waals surface area contributed by atoms with E-state index in [4.69, 9.17) is 0 Å². The molecule has 0 aliphatic rings. The first-order valence-corrected chi connectivity index (χ1v) is 5.11. The maximum atomic E-state index is 12.3. The molecule has 0 spiro atoms. The molecule has 0 saturated carbocycles. The van der Waals surface area contributed by atoms with Crippen LogP contribution in [-0.2, 0) is 16.0 Å². The molecule has 20 heavy (non-hydrogen) atoms. The number of methoxy groups -OCH3 is 1. The number of carbonyl (C=O) groups excluding carboxylic acids is 1. The van der Waals surface area contributed by atoms with E-state index in [2.05, 4.69) is 14.5 Å². The van der Waals surface area contributed by atoms with Gasteiger partial charge in [-0.05, 0) is 16.8 Å². The third-order valence-corrected chi connectivity index (χ3v) is 2.22. The Morgan fingerprint density at radius 3 is 2.55 bits per heavy atom. The Balaban J connectivity index is 3.41. The number of rotatable bonds is 4. The molecule has 0 atom stereocenters. The number of nitro groups is 1. The van der Waals surface area contributed by atoms with Gasteiger partial charge in [0.15, 0.2) is 0 Å². The molecule has 0 unspecified atom stereocenters. The van der Waals surface area contributed by atoms with Gasteiger partial charge in [0.2, 0.25) is 0 Å². The summed E-state index contributed by atoms with van der Waals surface area (Å²) in [6, 6.07) is 0. The van der Waals surface area contributed by atoms with Crippen molar-refractivity contribution < 1.29 is 32.4 Å². The topological polar surface area (TPSA) is 91.6 Å². The van der Waals surface area contributed by atoms with E-state index in [0.29, 0.717) is 0 Å². The zero-order valence-electron chi connectivity index (χ0n) is 10.4. The summed E-state index contributed by atoms with van der Waals surface area (Å²) in [4.78, 5) is 24.4. The number of esters is 1. The average molecular weight is 294 g/mol. The van der Waals surface area contributed by atoms with Crippen LogP contribution in [-0.4, -0.2) is 29.3 Å². The molecule has 0 amide bonds. The van der Waals surface area contributed by atoms with Crippen LogP contribution >= 0.6 is 0 Å². The molecule has 0 aromatic carbocycles. The van der Waals surface area contributed by atoms with Crippen LogP contribution in [0.4, 0.5) is 19.0 Å². The van der Waals surface area contributed by atoms with E-state index in [1.54, 1.807) is 0 Å². The van der Waals surface area contributed by atoms with E-state index >= 15 is 0 Å². The lowest BCUT2D eigenvalue weighted by Gasteiger charge is -2.14. The highest BCUT2D eigenvalue weighted by molar-refractivity contribution is 5.75. The minimum Gasteiger partial charge on any atom is -0.469 e. The second kappa shape index (κ2) is 5.72. The number of carbonyl (C=O) groups is 1. The first kappa shape index (κ1) is 15.7. The summed E-state index contributed by atoms with van der Waals surface area (Å²) in [6.07, 6.45) is -4.95. The van der Waals surface area contributed by atoms with Gasteiger partial charge in [-0.15, -0.1) is 13.2 Å². The van der Waals surface area contributed by atoms with Crippen molar-refractivity contribution in [3.8, 4) is 5.75 Å². The molecule has 1 aromatic heterocycles. The van der Waals surface area contributed by atoms with Crippen LogP contribution in [0.1, 0.15) is 11.1 Å². The summed E-state index contributed by atoms with van der Waals surface area (Å²) in [7, 11) is 1.00. The molecule has 0 aliphatic heterocycles. The Bertz CT molecular complexity index is 544. The number of halogens is 3. The van der Waals surface area contributed by atoms with Crippen molar-refractivity contribution in [3.05, 3.63) is 27.4 Å². The number of aryl methyl sites for hydroxylation is 1. The van der Waals surface area contributed by atoms with Crippen LogP contribution in [0.5, 0.6) is 5.75 Å². The fraction of sp³-hybridized carbons (Fsp3) is 0.400. The minimum atomic E-state index is -5.05. The van der Waals surface area contributed by atoms with Crippen LogP contribution in [0.15, 0.2) is 6.20 Å². The Morgan fingerprint density at radius 2 is 2.10 bits per heavy atom. The maximum Gasteiger partial charge on any atom is 0.573 e. The standard InChI is InChI=1S/C10H9F3N2O5/c1-5-4-14-9(15(17)18)6(3-7(16)19-2)8(5)20-10(11,12)13/h4H,3H2,1-2H3. The fourth-order valence-electron chi connectivity index (χ4n) is 1.43. The van der Waals surface area contributed by atoms with E-state index in [1.165, 1.54) is 6.92 Å². The predicted octanol–water partition coefficient (Wildman–Crippen LogP) is 1.91. The van der Waals surface area contributed by atoms with Gasteiger partial charge in [0.25, 0.3) is 0 Å².